The first kappa shape index (κ1) is 22.6. The molecule has 0 unspecified atom stereocenters. The van der Waals surface area contributed by atoms with Crippen LogP contribution in [0.2, 0.25) is 4.22 Å². The van der Waals surface area contributed by atoms with Gasteiger partial charge in [0.1, 0.15) is 0 Å². The smallest absolute Gasteiger partial charge is 0.255 e. The van der Waals surface area contributed by atoms with Crippen molar-refractivity contribution in [3.63, 3.8) is 0 Å². The van der Waals surface area contributed by atoms with Crippen LogP contribution in [0.25, 0.3) is 47.9 Å². The zero-order valence-electron chi connectivity index (χ0n) is 7.10. The van der Waals surface area contributed by atoms with Crippen molar-refractivity contribution in [2.75, 3.05) is 0 Å². The number of nitrogens with zero attached hydrogens (tertiary/aromatic N) is 9. The van der Waals surface area contributed by atoms with Gasteiger partial charge in [-0.25, -0.2) is 0 Å². The Morgan fingerprint density at radius 3 is 0.769 bits per heavy atom. The Morgan fingerprint density at radius 2 is 0.769 bits per heavy atom. The zero-order valence-corrected chi connectivity index (χ0v) is 8.66. The van der Waals surface area contributed by atoms with Crippen LogP contribution in [-0.4, -0.2) is 0 Å². The van der Waals surface area contributed by atoms with E-state index in [-0.39, 0.29) is 0 Å². The summed E-state index contributed by atoms with van der Waals surface area (Å²) >= 11 is 2.17. The van der Waals surface area contributed by atoms with E-state index in [2.05, 4.69) is 34.3 Å². The van der Waals surface area contributed by atoms with Crippen molar-refractivity contribution >= 4 is 0 Å². The van der Waals surface area contributed by atoms with Crippen molar-refractivity contribution in [1.82, 2.24) is 0 Å². The quantitative estimate of drug-likeness (QED) is 0.247. The summed E-state index contributed by atoms with van der Waals surface area (Å²) in [5.74, 6) is 0. The normalized spacial score (nSPS) is 4.69. The van der Waals surface area contributed by atoms with Gasteiger partial charge in [-0.15, -0.1) is 0 Å². The summed E-state index contributed by atoms with van der Waals surface area (Å²) in [6.07, 6.45) is 0. The summed E-state index contributed by atoms with van der Waals surface area (Å²) in [6.45, 7) is 4.33. The molecule has 0 saturated carbocycles. The monoisotopic (exact) mass is 217 g/mol. The van der Waals surface area contributed by atoms with Crippen molar-refractivity contribution < 1.29 is 20.4 Å². The van der Waals surface area contributed by atoms with Crippen LogP contribution in [0.4, 0.5) is 0 Å². The average molecular weight is 217 g/mol. The van der Waals surface area contributed by atoms with Gasteiger partial charge in [-0.1, -0.05) is 0 Å². The molecule has 0 rings (SSSR count). The number of hydrogen-bond acceptors (Lipinski definition) is 0. The van der Waals surface area contributed by atoms with Crippen LogP contribution in [0, 0.1) is 0 Å². The Bertz CT molecular complexity index is 136. The van der Waals surface area contributed by atoms with Gasteiger partial charge in [0, 0.05) is 0 Å². The molecule has 0 fully saturated rings. The molecule has 0 radical (unpaired) electrons. The molecule has 0 aromatic rings. The molecule has 0 aliphatic carbocycles. The van der Waals surface area contributed by atoms with Crippen molar-refractivity contribution in [1.29, 1.82) is 0 Å². The largest absolute Gasteiger partial charge is 0.373 e. The summed E-state index contributed by atoms with van der Waals surface area (Å²) in [5, 5.41) is 0. The molecule has 0 heterocycles. The van der Waals surface area contributed by atoms with Crippen LogP contribution in [0.1, 0.15) is 13.8 Å². The van der Waals surface area contributed by atoms with Gasteiger partial charge < -0.3 is 33.2 Å². The van der Waals surface area contributed by atoms with Gasteiger partial charge in [-0.05, 0) is 0 Å². The van der Waals surface area contributed by atoms with Gasteiger partial charge in [-0.2, -0.15) is 0 Å². The standard InChI is InChI=1S/C3H7.3N3.Ti/c4*1-3-2;/h3H,1-2H3;;;;/q;3*-1;+3. The molecule has 0 atom stereocenters. The minimum absolute atomic E-state index is 0.833. The number of hydrogen-bond donors (Lipinski definition) is 0. The van der Waals surface area contributed by atoms with Crippen LogP contribution in [0.3, 0.4) is 0 Å². The maximum absolute atomic E-state index is 6.75. The predicted octanol–water partition coefficient (Wildman–Crippen LogP) is 3.96. The van der Waals surface area contributed by atoms with E-state index in [4.69, 9.17) is 33.2 Å². The average Bonchev–Trinajstić information content (AvgIpc) is 1.88. The first-order chi connectivity index (χ1) is 5.97. The topological polar surface area (TPSA) is 176 Å². The first-order valence-corrected chi connectivity index (χ1v) is 3.54. The van der Waals surface area contributed by atoms with E-state index in [0.717, 1.165) is 4.22 Å². The van der Waals surface area contributed by atoms with E-state index in [1.165, 1.54) is 14.7 Å². The van der Waals surface area contributed by atoms with E-state index in [1.807, 2.05) is 0 Å². The van der Waals surface area contributed by atoms with Crippen molar-refractivity contribution in [3.8, 4) is 0 Å². The minimum Gasteiger partial charge on any atom is -0.373 e. The Morgan fingerprint density at radius 1 is 0.769 bits per heavy atom. The third-order valence-corrected chi connectivity index (χ3v) is 0. The number of rotatable bonds is 0. The third kappa shape index (κ3) is 433. The minimum atomic E-state index is 0.833. The SMILES string of the molecule is C[CH](C)[Ti+3].[N-]=[N+]=[N-].[N-]=[N+]=[N-].[N-]=[N+]=[N-]. The summed E-state index contributed by atoms with van der Waals surface area (Å²) in [7, 11) is 0. The first-order valence-electron chi connectivity index (χ1n) is 2.64. The fraction of sp³-hybridized carbons (Fsp3) is 1.00. The predicted molar refractivity (Wildman–Crippen MR) is 45.3 cm³/mol. The molecule has 0 aliphatic rings. The Balaban J connectivity index is -0.0000000420. The molecule has 9 nitrogen and oxygen atoms in total. The molecular formula is C3H7N9Ti. The second-order valence-electron chi connectivity index (χ2n) is 1.42. The molecule has 13 heavy (non-hydrogen) atoms. The molecular weight excluding hydrogens is 210 g/mol. The van der Waals surface area contributed by atoms with Gasteiger partial charge in [-0.3, -0.25) is 14.7 Å². The second kappa shape index (κ2) is 45.9. The molecule has 0 bridgehead atoms. The van der Waals surface area contributed by atoms with E-state index in [0.29, 0.717) is 0 Å². The summed E-state index contributed by atoms with van der Waals surface area (Å²) < 4.78 is 0.833. The Kier molecular flexibility index (Phi) is 79.7. The van der Waals surface area contributed by atoms with Crippen LogP contribution >= 0.6 is 0 Å². The molecule has 0 aromatic heterocycles. The summed E-state index contributed by atoms with van der Waals surface area (Å²) in [4.78, 5) is 4.50. The van der Waals surface area contributed by atoms with Gasteiger partial charge in [0.15, 0.2) is 0 Å². The molecule has 0 aliphatic heterocycles. The third-order valence-electron chi connectivity index (χ3n) is 0. The van der Waals surface area contributed by atoms with E-state index in [1.54, 1.807) is 0 Å². The zero-order chi connectivity index (χ0) is 11.7. The van der Waals surface area contributed by atoms with Gasteiger partial charge in [0.05, 0.1) is 0 Å². The van der Waals surface area contributed by atoms with Crippen LogP contribution < -0.4 is 0 Å². The Hall–Kier alpha value is -1.36. The van der Waals surface area contributed by atoms with Gasteiger partial charge in [0.2, 0.25) is 0 Å². The molecule has 0 aromatic carbocycles. The second-order valence-corrected chi connectivity index (χ2v) is 3.23. The summed E-state index contributed by atoms with van der Waals surface area (Å²) in [5.41, 5.74) is 40.5. The fourth-order valence-corrected chi connectivity index (χ4v) is 0. The summed E-state index contributed by atoms with van der Waals surface area (Å²) in [6, 6.07) is 0. The maximum Gasteiger partial charge on any atom is -0.255 e. The van der Waals surface area contributed by atoms with E-state index < -0.39 is 0 Å². The fourth-order valence-electron chi connectivity index (χ4n) is 0. The van der Waals surface area contributed by atoms with Crippen LogP contribution in [0.15, 0.2) is 0 Å². The maximum atomic E-state index is 6.75. The van der Waals surface area contributed by atoms with Crippen LogP contribution in [-0.2, 0) is 20.4 Å². The van der Waals surface area contributed by atoms with E-state index >= 15 is 0 Å². The van der Waals surface area contributed by atoms with E-state index in [9.17, 15) is 0 Å². The van der Waals surface area contributed by atoms with Crippen molar-refractivity contribution in [2.45, 2.75) is 18.1 Å². The Labute approximate surface area is 86.8 Å². The van der Waals surface area contributed by atoms with Crippen LogP contribution in [0.5, 0.6) is 0 Å². The van der Waals surface area contributed by atoms with Gasteiger partial charge >= 0.3 is 38.5 Å². The molecule has 0 amide bonds. The van der Waals surface area contributed by atoms with Crippen molar-refractivity contribution in [3.05, 3.63) is 47.9 Å². The molecule has 10 heteroatoms. The molecule has 0 spiro atoms. The molecule has 0 N–H and O–H groups in total. The van der Waals surface area contributed by atoms with Crippen molar-refractivity contribution in [2.24, 2.45) is 0 Å². The van der Waals surface area contributed by atoms with Gasteiger partial charge in [0.25, 0.3) is 0 Å². The molecule has 68 valence electrons. The molecule has 0 saturated heterocycles.